The Labute approximate surface area is 75.3 Å². The maximum absolute atomic E-state index is 10.8. The van der Waals surface area contributed by atoms with Gasteiger partial charge in [-0.1, -0.05) is 0 Å². The van der Waals surface area contributed by atoms with E-state index in [1.807, 2.05) is 0 Å². The third-order valence-electron chi connectivity index (χ3n) is 2.16. The van der Waals surface area contributed by atoms with Gasteiger partial charge in [0.1, 0.15) is 0 Å². The zero-order valence-corrected chi connectivity index (χ0v) is 7.50. The monoisotopic (exact) mass is 183 g/mol. The lowest BCUT2D eigenvalue weighted by Gasteiger charge is -2.31. The van der Waals surface area contributed by atoms with Crippen LogP contribution in [0.3, 0.4) is 0 Å². The number of H-pyrrole nitrogens is 2. The lowest BCUT2D eigenvalue weighted by molar-refractivity contribution is 0.480. The van der Waals surface area contributed by atoms with Crippen molar-refractivity contribution in [3.8, 4) is 0 Å². The average Bonchev–Trinajstić information content (AvgIpc) is 2.52. The third-order valence-corrected chi connectivity index (χ3v) is 2.16. The molecule has 0 aliphatic carbocycles. The van der Waals surface area contributed by atoms with Crippen molar-refractivity contribution in [2.24, 2.45) is 0 Å². The minimum absolute atomic E-state index is 0.249. The minimum Gasteiger partial charge on any atom is -0.338 e. The molecule has 2 rings (SSSR count). The second-order valence-electron chi connectivity index (χ2n) is 3.30. The van der Waals surface area contributed by atoms with Crippen molar-refractivity contribution in [2.45, 2.75) is 13.0 Å². The number of nitrogens with zero attached hydrogens (tertiary/aromatic N) is 2. The number of aromatic amines is 2. The smallest absolute Gasteiger partial charge is 0.338 e. The quantitative estimate of drug-likeness (QED) is 0.516. The van der Waals surface area contributed by atoms with Crippen LogP contribution in [0.4, 0.5) is 5.95 Å². The molecule has 1 aliphatic rings. The molecule has 13 heavy (non-hydrogen) atoms. The van der Waals surface area contributed by atoms with Crippen LogP contribution in [0.5, 0.6) is 0 Å². The van der Waals surface area contributed by atoms with Crippen LogP contribution in [0.15, 0.2) is 4.79 Å². The Morgan fingerprint density at radius 2 is 2.46 bits per heavy atom. The van der Waals surface area contributed by atoms with Crippen LogP contribution in [-0.2, 0) is 0 Å². The molecule has 0 spiro atoms. The van der Waals surface area contributed by atoms with Crippen LogP contribution in [0.2, 0.25) is 0 Å². The Bertz CT molecular complexity index is 330. The Morgan fingerprint density at radius 3 is 3.08 bits per heavy atom. The standard InChI is InChI=1S/C7H13N5O/c1-5-4-12(3-2-8-5)6-9-7(13)11-10-6/h5,8H,2-4H2,1H3,(H2,9,10,11,13)/t5-/m0/s1. The van der Waals surface area contributed by atoms with E-state index >= 15 is 0 Å². The van der Waals surface area contributed by atoms with Gasteiger partial charge in [-0.25, -0.2) is 9.89 Å². The number of anilines is 1. The Hall–Kier alpha value is -1.30. The summed E-state index contributed by atoms with van der Waals surface area (Å²) in [6.45, 7) is 4.79. The maximum atomic E-state index is 10.8. The van der Waals surface area contributed by atoms with Gasteiger partial charge < -0.3 is 10.2 Å². The van der Waals surface area contributed by atoms with Crippen molar-refractivity contribution in [1.82, 2.24) is 20.5 Å². The SMILES string of the molecule is C[C@H]1CN(c2n[nH]c(=O)[nH]2)CCN1. The van der Waals surface area contributed by atoms with Crippen LogP contribution in [0, 0.1) is 0 Å². The molecule has 6 heteroatoms. The highest BCUT2D eigenvalue weighted by Gasteiger charge is 2.17. The molecule has 0 amide bonds. The average molecular weight is 183 g/mol. The van der Waals surface area contributed by atoms with Gasteiger partial charge >= 0.3 is 5.69 Å². The van der Waals surface area contributed by atoms with Crippen molar-refractivity contribution < 1.29 is 0 Å². The van der Waals surface area contributed by atoms with Crippen LogP contribution >= 0.6 is 0 Å². The van der Waals surface area contributed by atoms with E-state index < -0.39 is 0 Å². The predicted octanol–water partition coefficient (Wildman–Crippen LogP) is -1.10. The van der Waals surface area contributed by atoms with E-state index in [9.17, 15) is 4.79 Å². The number of rotatable bonds is 1. The van der Waals surface area contributed by atoms with Gasteiger partial charge in [0.15, 0.2) is 0 Å². The highest BCUT2D eigenvalue weighted by molar-refractivity contribution is 5.28. The fraction of sp³-hybridized carbons (Fsp3) is 0.714. The van der Waals surface area contributed by atoms with Crippen molar-refractivity contribution >= 4 is 5.95 Å². The van der Waals surface area contributed by atoms with E-state index in [1.165, 1.54) is 0 Å². The van der Waals surface area contributed by atoms with Crippen LogP contribution in [0.25, 0.3) is 0 Å². The molecule has 0 bridgehead atoms. The summed E-state index contributed by atoms with van der Waals surface area (Å²) >= 11 is 0. The first-order valence-electron chi connectivity index (χ1n) is 4.39. The molecule has 6 nitrogen and oxygen atoms in total. The molecule has 2 heterocycles. The van der Waals surface area contributed by atoms with E-state index in [2.05, 4.69) is 32.3 Å². The molecular formula is C7H13N5O. The summed E-state index contributed by atoms with van der Waals surface area (Å²) in [6, 6.07) is 0.439. The topological polar surface area (TPSA) is 76.8 Å². The van der Waals surface area contributed by atoms with E-state index in [0.29, 0.717) is 12.0 Å². The molecule has 1 aliphatic heterocycles. The Kier molecular flexibility index (Phi) is 2.05. The zero-order chi connectivity index (χ0) is 9.26. The summed E-state index contributed by atoms with van der Waals surface area (Å²) in [7, 11) is 0. The first kappa shape index (κ1) is 8.31. The molecule has 1 aromatic heterocycles. The van der Waals surface area contributed by atoms with Gasteiger partial charge in [-0.2, -0.15) is 0 Å². The van der Waals surface area contributed by atoms with Gasteiger partial charge in [-0.3, -0.25) is 4.98 Å². The summed E-state index contributed by atoms with van der Waals surface area (Å²) in [4.78, 5) is 15.5. The maximum Gasteiger partial charge on any atom is 0.342 e. The molecule has 1 saturated heterocycles. The summed E-state index contributed by atoms with van der Waals surface area (Å²) < 4.78 is 0. The van der Waals surface area contributed by atoms with Gasteiger partial charge in [0.05, 0.1) is 0 Å². The summed E-state index contributed by atoms with van der Waals surface area (Å²) in [5, 5.41) is 9.55. The van der Waals surface area contributed by atoms with Crippen molar-refractivity contribution in [2.75, 3.05) is 24.5 Å². The molecule has 0 aromatic carbocycles. The fourth-order valence-corrected chi connectivity index (χ4v) is 1.54. The van der Waals surface area contributed by atoms with Gasteiger partial charge in [-0.15, -0.1) is 5.10 Å². The van der Waals surface area contributed by atoms with Gasteiger partial charge in [0.2, 0.25) is 5.95 Å². The number of hydrogen-bond donors (Lipinski definition) is 3. The molecule has 1 fully saturated rings. The summed E-state index contributed by atoms with van der Waals surface area (Å²) in [5.41, 5.74) is -0.249. The lowest BCUT2D eigenvalue weighted by atomic mass is 10.2. The summed E-state index contributed by atoms with van der Waals surface area (Å²) in [5.74, 6) is 0.637. The summed E-state index contributed by atoms with van der Waals surface area (Å²) in [6.07, 6.45) is 0. The van der Waals surface area contributed by atoms with Crippen LogP contribution in [0.1, 0.15) is 6.92 Å². The van der Waals surface area contributed by atoms with Gasteiger partial charge in [0.25, 0.3) is 0 Å². The highest BCUT2D eigenvalue weighted by atomic mass is 16.1. The fourth-order valence-electron chi connectivity index (χ4n) is 1.54. The van der Waals surface area contributed by atoms with E-state index in [0.717, 1.165) is 19.6 Å². The second-order valence-corrected chi connectivity index (χ2v) is 3.30. The Morgan fingerprint density at radius 1 is 1.62 bits per heavy atom. The molecule has 1 atom stereocenters. The number of hydrogen-bond acceptors (Lipinski definition) is 4. The lowest BCUT2D eigenvalue weighted by Crippen LogP contribution is -2.49. The first-order valence-corrected chi connectivity index (χ1v) is 4.39. The number of piperazine rings is 1. The minimum atomic E-state index is -0.249. The van der Waals surface area contributed by atoms with Crippen molar-refractivity contribution in [3.05, 3.63) is 10.5 Å². The highest BCUT2D eigenvalue weighted by Crippen LogP contribution is 2.06. The van der Waals surface area contributed by atoms with Crippen molar-refractivity contribution in [3.63, 3.8) is 0 Å². The third kappa shape index (κ3) is 1.72. The molecule has 0 saturated carbocycles. The molecule has 3 N–H and O–H groups in total. The van der Waals surface area contributed by atoms with E-state index in [1.54, 1.807) is 0 Å². The number of nitrogens with one attached hydrogen (secondary N) is 3. The zero-order valence-electron chi connectivity index (χ0n) is 7.50. The molecule has 72 valence electrons. The number of aromatic nitrogens is 3. The molecule has 0 unspecified atom stereocenters. The van der Waals surface area contributed by atoms with Crippen molar-refractivity contribution in [1.29, 1.82) is 0 Å². The molecule has 0 radical (unpaired) electrons. The molecular weight excluding hydrogens is 170 g/mol. The van der Waals surface area contributed by atoms with E-state index in [-0.39, 0.29) is 5.69 Å². The normalized spacial score (nSPS) is 23.5. The van der Waals surface area contributed by atoms with Gasteiger partial charge in [-0.05, 0) is 6.92 Å². The van der Waals surface area contributed by atoms with Crippen LogP contribution in [-0.4, -0.2) is 40.9 Å². The largest absolute Gasteiger partial charge is 0.342 e. The van der Waals surface area contributed by atoms with Crippen LogP contribution < -0.4 is 15.9 Å². The second kappa shape index (κ2) is 3.21. The molecule has 1 aromatic rings. The Balaban J connectivity index is 2.12. The first-order chi connectivity index (χ1) is 6.25. The van der Waals surface area contributed by atoms with E-state index in [4.69, 9.17) is 0 Å². The van der Waals surface area contributed by atoms with Gasteiger partial charge in [0, 0.05) is 25.7 Å². The predicted molar refractivity (Wildman–Crippen MR) is 48.9 cm³/mol.